The zero-order chi connectivity index (χ0) is 39.6. The van der Waals surface area contributed by atoms with E-state index in [-0.39, 0.29) is 0 Å². The van der Waals surface area contributed by atoms with E-state index >= 15 is 0 Å². The summed E-state index contributed by atoms with van der Waals surface area (Å²) in [6.45, 7) is 0. The summed E-state index contributed by atoms with van der Waals surface area (Å²) >= 11 is 1.24. The Kier molecular flexibility index (Phi) is 7.89. The Bertz CT molecular complexity index is 3530. The van der Waals surface area contributed by atoms with Gasteiger partial charge in [0.2, 0.25) is 0 Å². The summed E-state index contributed by atoms with van der Waals surface area (Å²) in [4.78, 5) is 20.4. The van der Waals surface area contributed by atoms with Crippen molar-refractivity contribution in [2.45, 2.75) is 0 Å². The minimum Gasteiger partial charge on any atom is -0.309 e. The molecule has 0 N–H and O–H groups in total. The first-order valence-electron chi connectivity index (χ1n) is 19.8. The molecule has 0 bridgehead atoms. The van der Waals surface area contributed by atoms with Crippen LogP contribution in [0.3, 0.4) is 0 Å². The molecule has 0 radical (unpaired) electrons. The van der Waals surface area contributed by atoms with E-state index in [9.17, 15) is 0 Å². The van der Waals surface area contributed by atoms with Gasteiger partial charge < -0.3 is 4.57 Å². The Labute approximate surface area is 348 Å². The lowest BCUT2D eigenvalue weighted by molar-refractivity contribution is 1.07. The van der Waals surface area contributed by atoms with Crippen LogP contribution in [0.4, 0.5) is 0 Å². The second kappa shape index (κ2) is 13.9. The summed E-state index contributed by atoms with van der Waals surface area (Å²) in [6, 6.07) is 65.2. The zero-order valence-corrected chi connectivity index (χ0v) is 32.8. The molecule has 0 unspecified atom stereocenters. The number of rotatable bonds is 6. The van der Waals surface area contributed by atoms with Gasteiger partial charge in [0, 0.05) is 54.9 Å². The zero-order valence-electron chi connectivity index (χ0n) is 31.9. The van der Waals surface area contributed by atoms with E-state index in [1.165, 1.54) is 33.5 Å². The first-order chi connectivity index (χ1) is 29.7. The van der Waals surface area contributed by atoms with Crippen molar-refractivity contribution in [2.75, 3.05) is 0 Å². The maximum atomic E-state index is 5.27. The molecule has 0 aliphatic heterocycles. The third-order valence-electron chi connectivity index (χ3n) is 11.3. The third-order valence-corrected chi connectivity index (χ3v) is 11.9. The van der Waals surface area contributed by atoms with E-state index in [1.807, 2.05) is 42.5 Å². The van der Waals surface area contributed by atoms with Crippen molar-refractivity contribution in [3.63, 3.8) is 0 Å². The minimum atomic E-state index is 0.608. The molecule has 8 heteroatoms. The summed E-state index contributed by atoms with van der Waals surface area (Å²) in [7, 11) is 0. The summed E-state index contributed by atoms with van der Waals surface area (Å²) in [5.41, 5.74) is 13.0. The van der Waals surface area contributed by atoms with Crippen molar-refractivity contribution < 1.29 is 0 Å². The second-order valence-corrected chi connectivity index (χ2v) is 15.4. The predicted molar refractivity (Wildman–Crippen MR) is 245 cm³/mol. The van der Waals surface area contributed by atoms with E-state index in [1.54, 1.807) is 0 Å². The molecule has 0 amide bonds. The summed E-state index contributed by atoms with van der Waals surface area (Å²) in [5, 5.41) is 5.66. The average Bonchev–Trinajstić information content (AvgIpc) is 3.95. The third kappa shape index (κ3) is 5.65. The van der Waals surface area contributed by atoms with Gasteiger partial charge in [0.1, 0.15) is 11.0 Å². The molecule has 0 aliphatic carbocycles. The van der Waals surface area contributed by atoms with Gasteiger partial charge in [0.05, 0.1) is 34.0 Å². The predicted octanol–water partition coefficient (Wildman–Crippen LogP) is 13.0. The Balaban J connectivity index is 0.934. The number of para-hydroxylation sites is 2. The van der Waals surface area contributed by atoms with Gasteiger partial charge in [-0.1, -0.05) is 133 Å². The highest BCUT2D eigenvalue weighted by molar-refractivity contribution is 7.00. The van der Waals surface area contributed by atoms with Gasteiger partial charge in [-0.2, -0.15) is 8.75 Å². The molecule has 280 valence electrons. The van der Waals surface area contributed by atoms with E-state index < -0.39 is 0 Å². The van der Waals surface area contributed by atoms with E-state index in [4.69, 9.17) is 24.3 Å². The molecule has 0 saturated heterocycles. The SMILES string of the molecule is c1ccc(-c2nc(-c3ccc(-c4ccc5c(c4)nc(-c4ccccc4)c4ccc6nsnc6c45)cc3)nc(-c3ccc(-n4c5ccccc5c5ccccc54)cc3)n2)cc1. The topological polar surface area (TPSA) is 82.3 Å². The van der Waals surface area contributed by atoms with Gasteiger partial charge in [-0.15, -0.1) is 0 Å². The van der Waals surface area contributed by atoms with Crippen LogP contribution in [-0.4, -0.2) is 33.3 Å². The van der Waals surface area contributed by atoms with Gasteiger partial charge in [0.25, 0.3) is 0 Å². The van der Waals surface area contributed by atoms with Crippen LogP contribution in [0.5, 0.6) is 0 Å². The average molecular weight is 786 g/mol. The molecule has 7 nitrogen and oxygen atoms in total. The fraction of sp³-hybridized carbons (Fsp3) is 0. The largest absolute Gasteiger partial charge is 0.309 e. The first kappa shape index (κ1) is 34.1. The lowest BCUT2D eigenvalue weighted by Crippen LogP contribution is -2.00. The van der Waals surface area contributed by atoms with E-state index in [0.29, 0.717) is 17.5 Å². The summed E-state index contributed by atoms with van der Waals surface area (Å²) < 4.78 is 11.6. The highest BCUT2D eigenvalue weighted by atomic mass is 32.1. The molecule has 0 saturated carbocycles. The molecule has 60 heavy (non-hydrogen) atoms. The molecule has 0 spiro atoms. The quantitative estimate of drug-likeness (QED) is 0.156. The van der Waals surface area contributed by atoms with Crippen molar-refractivity contribution in [3.05, 3.63) is 188 Å². The van der Waals surface area contributed by atoms with Crippen molar-refractivity contribution in [3.8, 4) is 62.2 Å². The maximum Gasteiger partial charge on any atom is 0.164 e. The van der Waals surface area contributed by atoms with Gasteiger partial charge in [0.15, 0.2) is 17.5 Å². The Morgan fingerprint density at radius 2 is 0.867 bits per heavy atom. The van der Waals surface area contributed by atoms with E-state index in [0.717, 1.165) is 77.5 Å². The van der Waals surface area contributed by atoms with Crippen molar-refractivity contribution >= 4 is 66.2 Å². The second-order valence-electron chi connectivity index (χ2n) is 14.8. The fourth-order valence-corrected chi connectivity index (χ4v) is 9.00. The van der Waals surface area contributed by atoms with Crippen LogP contribution >= 0.6 is 11.7 Å². The van der Waals surface area contributed by atoms with Gasteiger partial charge >= 0.3 is 0 Å². The number of fused-ring (bicyclic) bond motifs is 8. The van der Waals surface area contributed by atoms with Crippen molar-refractivity contribution in [2.24, 2.45) is 0 Å². The molecule has 8 aromatic carbocycles. The number of pyridine rings is 1. The molecule has 0 fully saturated rings. The lowest BCUT2D eigenvalue weighted by atomic mass is 9.96. The Morgan fingerprint density at radius 1 is 0.350 bits per heavy atom. The number of aromatic nitrogens is 7. The van der Waals surface area contributed by atoms with Crippen LogP contribution < -0.4 is 0 Å². The number of benzene rings is 8. The van der Waals surface area contributed by atoms with E-state index in [2.05, 4.69) is 155 Å². The van der Waals surface area contributed by atoms with Crippen LogP contribution in [0.25, 0.3) is 117 Å². The van der Waals surface area contributed by atoms with Crippen LogP contribution in [0.2, 0.25) is 0 Å². The normalized spacial score (nSPS) is 11.7. The molecule has 0 aliphatic rings. The highest BCUT2D eigenvalue weighted by Crippen LogP contribution is 2.38. The van der Waals surface area contributed by atoms with Crippen LogP contribution in [0, 0.1) is 0 Å². The molecule has 0 atom stereocenters. The first-order valence-corrected chi connectivity index (χ1v) is 20.5. The van der Waals surface area contributed by atoms with Crippen molar-refractivity contribution in [1.29, 1.82) is 0 Å². The summed E-state index contributed by atoms with van der Waals surface area (Å²) in [6.07, 6.45) is 0. The molecule has 4 aromatic heterocycles. The van der Waals surface area contributed by atoms with Crippen LogP contribution in [0.15, 0.2) is 188 Å². The van der Waals surface area contributed by atoms with Crippen LogP contribution in [-0.2, 0) is 0 Å². The monoisotopic (exact) mass is 785 g/mol. The Hall–Kier alpha value is -7.94. The van der Waals surface area contributed by atoms with Gasteiger partial charge in [-0.05, 0) is 65.7 Å². The Morgan fingerprint density at radius 3 is 1.52 bits per heavy atom. The van der Waals surface area contributed by atoms with Crippen molar-refractivity contribution in [1.82, 2.24) is 33.3 Å². The molecule has 12 rings (SSSR count). The molecule has 12 aromatic rings. The smallest absolute Gasteiger partial charge is 0.164 e. The summed E-state index contributed by atoms with van der Waals surface area (Å²) in [5.74, 6) is 1.85. The number of hydrogen-bond acceptors (Lipinski definition) is 7. The fourth-order valence-electron chi connectivity index (χ4n) is 8.46. The highest BCUT2D eigenvalue weighted by Gasteiger charge is 2.18. The minimum absolute atomic E-state index is 0.608. The van der Waals surface area contributed by atoms with Gasteiger partial charge in [-0.25, -0.2) is 19.9 Å². The van der Waals surface area contributed by atoms with Crippen LogP contribution in [0.1, 0.15) is 0 Å². The maximum absolute atomic E-state index is 5.27. The number of hydrogen-bond donors (Lipinski definition) is 0. The van der Waals surface area contributed by atoms with Gasteiger partial charge in [-0.3, -0.25) is 0 Å². The molecular formula is C52H31N7S. The molecular weight excluding hydrogens is 755 g/mol. The standard InChI is InChI=1S/C52H31N7S/c1-3-11-33(12-4-1)48-42-29-30-43-49(58-60-57-43)47(42)41-28-25-37(31-44(41)53-48)32-19-21-35(22-20-32)51-54-50(34-13-5-2-6-14-34)55-52(56-51)36-23-26-38(27-24-36)59-45-17-9-7-15-39(45)40-16-8-10-18-46(40)59/h1-31H. The number of nitrogens with zero attached hydrogens (tertiary/aromatic N) is 7. The lowest BCUT2D eigenvalue weighted by Gasteiger charge is -2.12. The molecule has 4 heterocycles.